The van der Waals surface area contributed by atoms with Crippen LogP contribution in [0.2, 0.25) is 0 Å². The molecule has 7 nitrogen and oxygen atoms in total. The van der Waals surface area contributed by atoms with E-state index in [2.05, 4.69) is 37.2 Å². The summed E-state index contributed by atoms with van der Waals surface area (Å²) < 4.78 is 6.33. The minimum Gasteiger partial charge on any atom is -0.343 e. The van der Waals surface area contributed by atoms with Gasteiger partial charge < -0.3 is 9.84 Å². The van der Waals surface area contributed by atoms with Gasteiger partial charge in [0.15, 0.2) is 5.82 Å². The van der Waals surface area contributed by atoms with Crippen molar-refractivity contribution in [1.29, 1.82) is 0 Å². The van der Waals surface area contributed by atoms with Gasteiger partial charge in [-0.2, -0.15) is 4.98 Å². The predicted molar refractivity (Wildman–Crippen MR) is 55.4 cm³/mol. The molecule has 0 aliphatic rings. The summed E-state index contributed by atoms with van der Waals surface area (Å²) in [6.07, 6.45) is 4.28. The van der Waals surface area contributed by atoms with Crippen LogP contribution in [-0.2, 0) is 13.1 Å². The van der Waals surface area contributed by atoms with E-state index in [1.165, 1.54) is 6.39 Å². The topological polar surface area (TPSA) is 81.7 Å². The Balaban J connectivity index is 1.87. The van der Waals surface area contributed by atoms with Crippen molar-refractivity contribution >= 4 is 0 Å². The van der Waals surface area contributed by atoms with Crippen LogP contribution in [0.4, 0.5) is 0 Å². The van der Waals surface area contributed by atoms with Crippen LogP contribution >= 0.6 is 0 Å². The molecular formula is C9H14N6O. The maximum absolute atomic E-state index is 4.64. The van der Waals surface area contributed by atoms with Gasteiger partial charge in [0.05, 0.1) is 11.9 Å². The van der Waals surface area contributed by atoms with Crippen molar-refractivity contribution in [2.45, 2.75) is 26.4 Å². The van der Waals surface area contributed by atoms with Crippen LogP contribution in [0.15, 0.2) is 17.1 Å². The Labute approximate surface area is 92.8 Å². The first kappa shape index (κ1) is 10.7. The van der Waals surface area contributed by atoms with Gasteiger partial charge in [-0.3, -0.25) is 0 Å². The minimum absolute atomic E-state index is 0.483. The Morgan fingerprint density at radius 3 is 3.19 bits per heavy atom. The molecule has 2 heterocycles. The van der Waals surface area contributed by atoms with Crippen molar-refractivity contribution in [2.75, 3.05) is 6.54 Å². The Morgan fingerprint density at radius 1 is 1.50 bits per heavy atom. The molecule has 0 fully saturated rings. The average Bonchev–Trinajstić information content (AvgIpc) is 2.91. The van der Waals surface area contributed by atoms with E-state index in [0.29, 0.717) is 12.4 Å². The second-order valence-electron chi connectivity index (χ2n) is 3.43. The van der Waals surface area contributed by atoms with Crippen molar-refractivity contribution in [3.05, 3.63) is 24.1 Å². The van der Waals surface area contributed by atoms with E-state index >= 15 is 0 Å². The molecule has 86 valence electrons. The summed E-state index contributed by atoms with van der Waals surface area (Å²) in [7, 11) is 0. The van der Waals surface area contributed by atoms with Gasteiger partial charge in [-0.05, 0) is 13.0 Å². The Bertz CT molecular complexity index is 409. The standard InChI is InChI=1S/C9H14N6O/c1-2-3-10-4-8-5-15(14-12-8)6-9-11-7-16-13-9/h5,7,10H,2-4,6H2,1H3. The molecule has 0 radical (unpaired) electrons. The zero-order valence-electron chi connectivity index (χ0n) is 9.13. The zero-order valence-corrected chi connectivity index (χ0v) is 9.13. The van der Waals surface area contributed by atoms with Crippen LogP contribution in [0.25, 0.3) is 0 Å². The second kappa shape index (κ2) is 5.36. The van der Waals surface area contributed by atoms with E-state index in [1.54, 1.807) is 4.68 Å². The van der Waals surface area contributed by atoms with Crippen LogP contribution in [0.5, 0.6) is 0 Å². The molecule has 2 rings (SSSR count). The number of nitrogens with zero attached hydrogens (tertiary/aromatic N) is 5. The van der Waals surface area contributed by atoms with E-state index in [1.807, 2.05) is 6.20 Å². The number of nitrogens with one attached hydrogen (secondary N) is 1. The fraction of sp³-hybridized carbons (Fsp3) is 0.556. The molecule has 0 unspecified atom stereocenters. The molecule has 0 aromatic carbocycles. The molecule has 2 aromatic rings. The van der Waals surface area contributed by atoms with Gasteiger partial charge in [-0.1, -0.05) is 17.3 Å². The molecule has 1 N–H and O–H groups in total. The molecular weight excluding hydrogens is 208 g/mol. The van der Waals surface area contributed by atoms with Crippen LogP contribution < -0.4 is 5.32 Å². The number of aromatic nitrogens is 5. The molecule has 7 heteroatoms. The Hall–Kier alpha value is -1.76. The van der Waals surface area contributed by atoms with Crippen LogP contribution in [-0.4, -0.2) is 31.7 Å². The smallest absolute Gasteiger partial charge is 0.213 e. The first-order chi connectivity index (χ1) is 7.88. The van der Waals surface area contributed by atoms with Crippen LogP contribution in [0.3, 0.4) is 0 Å². The highest BCUT2D eigenvalue weighted by Gasteiger charge is 2.03. The molecule has 0 saturated heterocycles. The minimum atomic E-state index is 0.483. The quantitative estimate of drug-likeness (QED) is 0.703. The predicted octanol–water partition coefficient (Wildman–Crippen LogP) is 0.209. The molecule has 16 heavy (non-hydrogen) atoms. The summed E-state index contributed by atoms with van der Waals surface area (Å²) in [4.78, 5) is 3.91. The summed E-state index contributed by atoms with van der Waals surface area (Å²) in [6, 6.07) is 0. The Kier molecular flexibility index (Phi) is 3.60. The van der Waals surface area contributed by atoms with Gasteiger partial charge in [0, 0.05) is 6.54 Å². The maximum atomic E-state index is 4.64. The van der Waals surface area contributed by atoms with Crippen LogP contribution in [0, 0.1) is 0 Å². The van der Waals surface area contributed by atoms with E-state index in [4.69, 9.17) is 0 Å². The largest absolute Gasteiger partial charge is 0.343 e. The molecule has 0 aliphatic carbocycles. The lowest BCUT2D eigenvalue weighted by Crippen LogP contribution is -2.13. The lowest BCUT2D eigenvalue weighted by atomic mass is 10.4. The molecule has 0 atom stereocenters. The Morgan fingerprint density at radius 2 is 2.44 bits per heavy atom. The average molecular weight is 222 g/mol. The molecule has 2 aromatic heterocycles. The number of hydrogen-bond donors (Lipinski definition) is 1. The maximum Gasteiger partial charge on any atom is 0.213 e. The highest BCUT2D eigenvalue weighted by Crippen LogP contribution is 1.96. The van der Waals surface area contributed by atoms with Gasteiger partial charge in [0.25, 0.3) is 0 Å². The van der Waals surface area contributed by atoms with Crippen molar-refractivity contribution in [3.8, 4) is 0 Å². The van der Waals surface area contributed by atoms with E-state index in [-0.39, 0.29) is 0 Å². The van der Waals surface area contributed by atoms with E-state index in [9.17, 15) is 0 Å². The zero-order chi connectivity index (χ0) is 11.2. The normalized spacial score (nSPS) is 10.8. The first-order valence-electron chi connectivity index (χ1n) is 5.23. The molecule has 0 spiro atoms. The monoisotopic (exact) mass is 222 g/mol. The number of rotatable bonds is 6. The third-order valence-corrected chi connectivity index (χ3v) is 2.03. The third-order valence-electron chi connectivity index (χ3n) is 2.03. The summed E-state index contributed by atoms with van der Waals surface area (Å²) in [5, 5.41) is 15.0. The fourth-order valence-electron chi connectivity index (χ4n) is 1.30. The van der Waals surface area contributed by atoms with Crippen molar-refractivity contribution in [3.63, 3.8) is 0 Å². The van der Waals surface area contributed by atoms with Gasteiger partial charge in [0.2, 0.25) is 6.39 Å². The molecule has 0 aliphatic heterocycles. The van der Waals surface area contributed by atoms with Crippen molar-refractivity contribution in [2.24, 2.45) is 0 Å². The first-order valence-corrected chi connectivity index (χ1v) is 5.23. The summed E-state index contributed by atoms with van der Waals surface area (Å²) >= 11 is 0. The lowest BCUT2D eigenvalue weighted by Gasteiger charge is -1.97. The molecule has 0 saturated carbocycles. The van der Waals surface area contributed by atoms with Gasteiger partial charge >= 0.3 is 0 Å². The summed E-state index contributed by atoms with van der Waals surface area (Å²) in [5.74, 6) is 0.595. The van der Waals surface area contributed by atoms with Crippen LogP contribution in [0.1, 0.15) is 24.9 Å². The number of hydrogen-bond acceptors (Lipinski definition) is 6. The second-order valence-corrected chi connectivity index (χ2v) is 3.43. The molecule has 0 amide bonds. The third kappa shape index (κ3) is 2.86. The SMILES string of the molecule is CCCNCc1cn(Cc2ncon2)nn1. The van der Waals surface area contributed by atoms with E-state index < -0.39 is 0 Å². The van der Waals surface area contributed by atoms with Gasteiger partial charge in [-0.15, -0.1) is 5.10 Å². The lowest BCUT2D eigenvalue weighted by molar-refractivity contribution is 0.406. The van der Waals surface area contributed by atoms with Crippen molar-refractivity contribution < 1.29 is 4.52 Å². The van der Waals surface area contributed by atoms with Crippen molar-refractivity contribution in [1.82, 2.24) is 30.5 Å². The van der Waals surface area contributed by atoms with E-state index in [0.717, 1.165) is 25.2 Å². The van der Waals surface area contributed by atoms with Gasteiger partial charge in [-0.25, -0.2) is 4.68 Å². The summed E-state index contributed by atoms with van der Waals surface area (Å²) in [5.41, 5.74) is 0.914. The summed E-state index contributed by atoms with van der Waals surface area (Å²) in [6.45, 7) is 4.33. The molecule has 0 bridgehead atoms. The highest BCUT2D eigenvalue weighted by atomic mass is 16.5. The highest BCUT2D eigenvalue weighted by molar-refractivity contribution is 4.93. The van der Waals surface area contributed by atoms with Gasteiger partial charge in [0.1, 0.15) is 6.54 Å². The fourth-order valence-corrected chi connectivity index (χ4v) is 1.30.